The molecule has 0 saturated carbocycles. The molecule has 7 aromatic carbocycles. The summed E-state index contributed by atoms with van der Waals surface area (Å²) in [7, 11) is 0. The van der Waals surface area contributed by atoms with E-state index in [2.05, 4.69) is 149 Å². The van der Waals surface area contributed by atoms with E-state index in [1.807, 2.05) is 18.2 Å². The van der Waals surface area contributed by atoms with Crippen molar-refractivity contribution in [3.8, 4) is 45.3 Å². The highest BCUT2D eigenvalue weighted by molar-refractivity contribution is 6.16. The smallest absolute Gasteiger partial charge is 0.165 e. The van der Waals surface area contributed by atoms with Crippen LogP contribution in [-0.4, -0.2) is 15.0 Å². The lowest BCUT2D eigenvalue weighted by atomic mass is 9.54. The Morgan fingerprint density at radius 3 is 1.79 bits per heavy atom. The van der Waals surface area contributed by atoms with Crippen molar-refractivity contribution in [2.45, 2.75) is 38.5 Å². The SMILES string of the molecule is CC1(C)c2ccccc2-c2c(cc3c(ccc4ccccc43)c2-c2nc(-c3ccccc3)nc(-c3ccc4ccccc4c3)n2)C1(C)C. The molecule has 0 N–H and O–H groups in total. The van der Waals surface area contributed by atoms with Gasteiger partial charge in [-0.1, -0.05) is 155 Å². The third-order valence-electron chi connectivity index (χ3n) is 11.1. The first-order valence-electron chi connectivity index (χ1n) is 16.7. The van der Waals surface area contributed by atoms with E-state index in [0.29, 0.717) is 17.5 Å². The van der Waals surface area contributed by atoms with Crippen LogP contribution in [0.3, 0.4) is 0 Å². The minimum atomic E-state index is -0.187. The van der Waals surface area contributed by atoms with Crippen molar-refractivity contribution in [3.05, 3.63) is 151 Å². The Bertz CT molecular complexity index is 2560. The van der Waals surface area contributed by atoms with E-state index >= 15 is 0 Å². The highest BCUT2D eigenvalue weighted by Crippen LogP contribution is 2.57. The molecule has 3 nitrogen and oxygen atoms in total. The molecule has 1 aliphatic carbocycles. The summed E-state index contributed by atoms with van der Waals surface area (Å²) in [6, 6.07) is 49.8. The standard InChI is InChI=1S/C45H35N3/c1-44(2)37-21-13-12-20-35(37)39-38(45(44,3)4)27-36-33-19-11-10-15-29(33)24-25-34(36)40(39)43-47-41(30-16-6-5-7-17-30)46-42(48-43)32-23-22-28-14-8-9-18-31(28)26-32/h5-27H,1-4H3. The normalized spacial score (nSPS) is 14.6. The van der Waals surface area contributed by atoms with E-state index in [-0.39, 0.29) is 10.8 Å². The van der Waals surface area contributed by atoms with Crippen molar-refractivity contribution in [1.82, 2.24) is 15.0 Å². The zero-order chi connectivity index (χ0) is 32.6. The van der Waals surface area contributed by atoms with E-state index in [0.717, 1.165) is 27.5 Å². The fourth-order valence-corrected chi connectivity index (χ4v) is 7.74. The summed E-state index contributed by atoms with van der Waals surface area (Å²) >= 11 is 0. The van der Waals surface area contributed by atoms with Crippen LogP contribution in [0.1, 0.15) is 38.8 Å². The molecular weight excluding hydrogens is 583 g/mol. The molecule has 0 unspecified atom stereocenters. The Morgan fingerprint density at radius 1 is 0.375 bits per heavy atom. The molecule has 0 aliphatic heterocycles. The van der Waals surface area contributed by atoms with Gasteiger partial charge in [-0.2, -0.15) is 0 Å². The lowest BCUT2D eigenvalue weighted by molar-refractivity contribution is 0.299. The molecule has 8 aromatic rings. The minimum absolute atomic E-state index is 0.114. The molecule has 1 heterocycles. The number of hydrogen-bond acceptors (Lipinski definition) is 3. The molecule has 9 rings (SSSR count). The van der Waals surface area contributed by atoms with Gasteiger partial charge in [-0.3, -0.25) is 0 Å². The molecule has 1 aromatic heterocycles. The van der Waals surface area contributed by atoms with Gasteiger partial charge >= 0.3 is 0 Å². The Hall–Kier alpha value is -5.67. The van der Waals surface area contributed by atoms with Crippen LogP contribution in [0.15, 0.2) is 140 Å². The highest BCUT2D eigenvalue weighted by atomic mass is 15.0. The minimum Gasteiger partial charge on any atom is -0.208 e. The monoisotopic (exact) mass is 617 g/mol. The molecular formula is C45H35N3. The van der Waals surface area contributed by atoms with Crippen molar-refractivity contribution in [2.24, 2.45) is 0 Å². The van der Waals surface area contributed by atoms with Crippen LogP contribution in [0.4, 0.5) is 0 Å². The first-order chi connectivity index (χ1) is 23.3. The average Bonchev–Trinajstić information content (AvgIpc) is 3.13. The van der Waals surface area contributed by atoms with Gasteiger partial charge in [-0.05, 0) is 77.5 Å². The zero-order valence-electron chi connectivity index (χ0n) is 27.6. The number of nitrogens with zero attached hydrogens (tertiary/aromatic N) is 3. The van der Waals surface area contributed by atoms with E-state index < -0.39 is 0 Å². The second kappa shape index (κ2) is 10.4. The summed E-state index contributed by atoms with van der Waals surface area (Å²) in [5, 5.41) is 7.17. The lowest BCUT2D eigenvalue weighted by Crippen LogP contribution is -2.43. The molecule has 0 bridgehead atoms. The van der Waals surface area contributed by atoms with Crippen molar-refractivity contribution in [2.75, 3.05) is 0 Å². The van der Waals surface area contributed by atoms with Crippen molar-refractivity contribution < 1.29 is 0 Å². The van der Waals surface area contributed by atoms with Crippen LogP contribution in [0.25, 0.3) is 77.6 Å². The van der Waals surface area contributed by atoms with Crippen LogP contribution in [0.2, 0.25) is 0 Å². The number of rotatable bonds is 3. The van der Waals surface area contributed by atoms with E-state index in [1.165, 1.54) is 43.8 Å². The van der Waals surface area contributed by atoms with E-state index in [4.69, 9.17) is 15.0 Å². The Morgan fingerprint density at radius 2 is 0.979 bits per heavy atom. The molecule has 230 valence electrons. The van der Waals surface area contributed by atoms with Gasteiger partial charge < -0.3 is 0 Å². The maximum atomic E-state index is 5.38. The van der Waals surface area contributed by atoms with Gasteiger partial charge in [-0.25, -0.2) is 15.0 Å². The Labute approximate surface area is 281 Å². The summed E-state index contributed by atoms with van der Waals surface area (Å²) in [4.78, 5) is 15.8. The second-order valence-electron chi connectivity index (χ2n) is 14.1. The first-order valence-corrected chi connectivity index (χ1v) is 16.7. The van der Waals surface area contributed by atoms with E-state index in [1.54, 1.807) is 0 Å². The van der Waals surface area contributed by atoms with Crippen LogP contribution in [0, 0.1) is 0 Å². The number of benzene rings is 7. The fourth-order valence-electron chi connectivity index (χ4n) is 7.74. The summed E-state index contributed by atoms with van der Waals surface area (Å²) in [6.45, 7) is 9.56. The predicted molar refractivity (Wildman–Crippen MR) is 200 cm³/mol. The first kappa shape index (κ1) is 28.5. The summed E-state index contributed by atoms with van der Waals surface area (Å²) in [6.07, 6.45) is 0. The summed E-state index contributed by atoms with van der Waals surface area (Å²) in [5.74, 6) is 2.02. The second-order valence-corrected chi connectivity index (χ2v) is 14.1. The third kappa shape index (κ3) is 4.17. The largest absolute Gasteiger partial charge is 0.208 e. The Kier molecular flexibility index (Phi) is 6.20. The number of hydrogen-bond donors (Lipinski definition) is 0. The van der Waals surface area contributed by atoms with Crippen LogP contribution in [0.5, 0.6) is 0 Å². The van der Waals surface area contributed by atoms with Crippen LogP contribution < -0.4 is 0 Å². The van der Waals surface area contributed by atoms with E-state index in [9.17, 15) is 0 Å². The quantitative estimate of drug-likeness (QED) is 0.185. The summed E-state index contributed by atoms with van der Waals surface area (Å²) in [5.41, 5.74) is 7.81. The van der Waals surface area contributed by atoms with Gasteiger partial charge in [-0.15, -0.1) is 0 Å². The third-order valence-corrected chi connectivity index (χ3v) is 11.1. The molecule has 0 amide bonds. The van der Waals surface area contributed by atoms with Crippen molar-refractivity contribution in [1.29, 1.82) is 0 Å². The predicted octanol–water partition coefficient (Wildman–Crippen LogP) is 11.6. The molecule has 0 atom stereocenters. The average molecular weight is 618 g/mol. The van der Waals surface area contributed by atoms with Gasteiger partial charge in [0.05, 0.1) is 0 Å². The lowest BCUT2D eigenvalue weighted by Gasteiger charge is -2.49. The molecule has 48 heavy (non-hydrogen) atoms. The van der Waals surface area contributed by atoms with Crippen molar-refractivity contribution in [3.63, 3.8) is 0 Å². The Balaban J connectivity index is 1.44. The van der Waals surface area contributed by atoms with Crippen LogP contribution >= 0.6 is 0 Å². The van der Waals surface area contributed by atoms with Crippen LogP contribution in [-0.2, 0) is 10.8 Å². The maximum Gasteiger partial charge on any atom is 0.165 e. The van der Waals surface area contributed by atoms with Gasteiger partial charge in [0.2, 0.25) is 0 Å². The molecule has 0 spiro atoms. The molecule has 3 heteroatoms. The summed E-state index contributed by atoms with van der Waals surface area (Å²) < 4.78 is 0. The van der Waals surface area contributed by atoms with Gasteiger partial charge in [0.25, 0.3) is 0 Å². The number of fused-ring (bicyclic) bond motifs is 7. The topological polar surface area (TPSA) is 38.7 Å². The highest BCUT2D eigenvalue weighted by Gasteiger charge is 2.47. The van der Waals surface area contributed by atoms with Gasteiger partial charge in [0.1, 0.15) is 0 Å². The van der Waals surface area contributed by atoms with Gasteiger partial charge in [0.15, 0.2) is 17.5 Å². The fraction of sp³-hybridized carbons (Fsp3) is 0.133. The number of aromatic nitrogens is 3. The molecule has 0 saturated heterocycles. The van der Waals surface area contributed by atoms with Crippen molar-refractivity contribution >= 4 is 32.3 Å². The molecule has 0 radical (unpaired) electrons. The molecule has 1 aliphatic rings. The molecule has 0 fully saturated rings. The van der Waals surface area contributed by atoms with Gasteiger partial charge in [0, 0.05) is 16.7 Å². The zero-order valence-corrected chi connectivity index (χ0v) is 27.6. The maximum absolute atomic E-state index is 5.38.